The number of rotatable bonds is 7. The summed E-state index contributed by atoms with van der Waals surface area (Å²) in [5, 5.41) is 0. The van der Waals surface area contributed by atoms with Gasteiger partial charge in [0.2, 0.25) is 0 Å². The van der Waals surface area contributed by atoms with Gasteiger partial charge in [0.05, 0.1) is 0 Å². The fourth-order valence-electron chi connectivity index (χ4n) is 2.08. The standard InChI is InChI=1S/C16H24/c1-4-7-8-10-15-12-11-14(6-3)13-16(15)9-5-2/h6,11-13H,3-5,7-10H2,1-2H3. The maximum absolute atomic E-state index is 3.84. The molecular weight excluding hydrogens is 192 g/mol. The Balaban J connectivity index is 2.76. The van der Waals surface area contributed by atoms with Gasteiger partial charge in [-0.05, 0) is 36.0 Å². The van der Waals surface area contributed by atoms with Crippen molar-refractivity contribution < 1.29 is 0 Å². The molecule has 1 aromatic carbocycles. The molecule has 0 bridgehead atoms. The lowest BCUT2D eigenvalue weighted by molar-refractivity contribution is 0.711. The molecule has 16 heavy (non-hydrogen) atoms. The monoisotopic (exact) mass is 216 g/mol. The van der Waals surface area contributed by atoms with Crippen molar-refractivity contribution in [3.8, 4) is 0 Å². The highest BCUT2D eigenvalue weighted by molar-refractivity contribution is 5.50. The largest absolute Gasteiger partial charge is 0.0985 e. The minimum absolute atomic E-state index is 1.20. The minimum Gasteiger partial charge on any atom is -0.0985 e. The second kappa shape index (κ2) is 7.27. The summed E-state index contributed by atoms with van der Waals surface area (Å²) in [6, 6.07) is 6.78. The van der Waals surface area contributed by atoms with Gasteiger partial charge in [-0.2, -0.15) is 0 Å². The number of hydrogen-bond donors (Lipinski definition) is 0. The zero-order valence-corrected chi connectivity index (χ0v) is 10.8. The Bertz CT molecular complexity index is 323. The van der Waals surface area contributed by atoms with Crippen molar-refractivity contribution in [2.75, 3.05) is 0 Å². The van der Waals surface area contributed by atoms with Crippen LogP contribution in [0.5, 0.6) is 0 Å². The summed E-state index contributed by atoms with van der Waals surface area (Å²) in [5.74, 6) is 0. The van der Waals surface area contributed by atoms with E-state index in [0.717, 1.165) is 0 Å². The van der Waals surface area contributed by atoms with Crippen LogP contribution in [0.3, 0.4) is 0 Å². The van der Waals surface area contributed by atoms with Gasteiger partial charge in [0.25, 0.3) is 0 Å². The van der Waals surface area contributed by atoms with Crippen LogP contribution in [0.4, 0.5) is 0 Å². The molecule has 0 N–H and O–H groups in total. The summed E-state index contributed by atoms with van der Waals surface area (Å²) in [6.07, 6.45) is 9.56. The first-order valence-corrected chi connectivity index (χ1v) is 6.56. The molecule has 0 saturated heterocycles. The third-order valence-electron chi connectivity index (χ3n) is 3.04. The zero-order valence-electron chi connectivity index (χ0n) is 10.8. The summed E-state index contributed by atoms with van der Waals surface area (Å²) < 4.78 is 0. The molecule has 1 rings (SSSR count). The molecule has 0 atom stereocenters. The predicted octanol–water partition coefficient (Wildman–Crippen LogP) is 5.01. The van der Waals surface area contributed by atoms with E-state index in [1.54, 1.807) is 5.56 Å². The molecule has 0 unspecified atom stereocenters. The van der Waals surface area contributed by atoms with E-state index < -0.39 is 0 Å². The van der Waals surface area contributed by atoms with Crippen LogP contribution >= 0.6 is 0 Å². The van der Waals surface area contributed by atoms with Crippen molar-refractivity contribution in [2.45, 2.75) is 52.4 Å². The topological polar surface area (TPSA) is 0 Å². The Morgan fingerprint density at radius 2 is 1.81 bits per heavy atom. The summed E-state index contributed by atoms with van der Waals surface area (Å²) in [6.45, 7) is 8.34. The Hall–Kier alpha value is -1.04. The summed E-state index contributed by atoms with van der Waals surface area (Å²) in [5.41, 5.74) is 4.32. The van der Waals surface area contributed by atoms with Gasteiger partial charge >= 0.3 is 0 Å². The van der Waals surface area contributed by atoms with Crippen molar-refractivity contribution >= 4 is 6.08 Å². The lowest BCUT2D eigenvalue weighted by atomic mass is 9.96. The van der Waals surface area contributed by atoms with Gasteiger partial charge in [0.1, 0.15) is 0 Å². The molecule has 0 saturated carbocycles. The average molecular weight is 216 g/mol. The number of hydrogen-bond acceptors (Lipinski definition) is 0. The summed E-state index contributed by atoms with van der Waals surface area (Å²) in [4.78, 5) is 0. The van der Waals surface area contributed by atoms with E-state index in [4.69, 9.17) is 0 Å². The smallest absolute Gasteiger partial charge is 0.0260 e. The zero-order chi connectivity index (χ0) is 11.8. The molecule has 0 heterocycles. The SMILES string of the molecule is C=Cc1ccc(CCCCC)c(CCC)c1. The van der Waals surface area contributed by atoms with Gasteiger partial charge in [-0.15, -0.1) is 0 Å². The van der Waals surface area contributed by atoms with E-state index in [1.807, 2.05) is 6.08 Å². The van der Waals surface area contributed by atoms with Crippen LogP contribution in [0.25, 0.3) is 6.08 Å². The van der Waals surface area contributed by atoms with E-state index in [0.29, 0.717) is 0 Å². The normalized spacial score (nSPS) is 10.4. The van der Waals surface area contributed by atoms with Crippen LogP contribution in [0, 0.1) is 0 Å². The fourth-order valence-corrected chi connectivity index (χ4v) is 2.08. The van der Waals surface area contributed by atoms with Gasteiger partial charge in [0, 0.05) is 0 Å². The van der Waals surface area contributed by atoms with Crippen LogP contribution in [-0.4, -0.2) is 0 Å². The van der Waals surface area contributed by atoms with Crippen LogP contribution in [0.15, 0.2) is 24.8 Å². The maximum atomic E-state index is 3.84. The van der Waals surface area contributed by atoms with Crippen LogP contribution in [0.1, 0.15) is 56.2 Å². The third-order valence-corrected chi connectivity index (χ3v) is 3.04. The molecule has 0 aliphatic heterocycles. The average Bonchev–Trinajstić information content (AvgIpc) is 2.31. The Morgan fingerprint density at radius 3 is 2.44 bits per heavy atom. The van der Waals surface area contributed by atoms with E-state index in [2.05, 4.69) is 38.6 Å². The first-order valence-electron chi connectivity index (χ1n) is 6.56. The van der Waals surface area contributed by atoms with Crippen molar-refractivity contribution in [3.05, 3.63) is 41.5 Å². The summed E-state index contributed by atoms with van der Waals surface area (Å²) >= 11 is 0. The van der Waals surface area contributed by atoms with E-state index >= 15 is 0 Å². The molecule has 1 aromatic rings. The van der Waals surface area contributed by atoms with Crippen molar-refractivity contribution in [2.24, 2.45) is 0 Å². The molecule has 0 nitrogen and oxygen atoms in total. The number of aryl methyl sites for hydroxylation is 2. The van der Waals surface area contributed by atoms with Gasteiger partial charge in [-0.25, -0.2) is 0 Å². The van der Waals surface area contributed by atoms with Crippen LogP contribution < -0.4 is 0 Å². The van der Waals surface area contributed by atoms with Gasteiger partial charge in [-0.3, -0.25) is 0 Å². The van der Waals surface area contributed by atoms with Crippen LogP contribution in [-0.2, 0) is 12.8 Å². The molecule has 0 amide bonds. The molecule has 0 fully saturated rings. The number of benzene rings is 1. The fraction of sp³-hybridized carbons (Fsp3) is 0.500. The lowest BCUT2D eigenvalue weighted by Crippen LogP contribution is -1.95. The van der Waals surface area contributed by atoms with Crippen LogP contribution in [0.2, 0.25) is 0 Å². The highest BCUT2D eigenvalue weighted by Crippen LogP contribution is 2.17. The molecule has 0 heteroatoms. The maximum Gasteiger partial charge on any atom is -0.0260 e. The highest BCUT2D eigenvalue weighted by Gasteiger charge is 2.02. The molecule has 88 valence electrons. The molecule has 0 aromatic heterocycles. The highest BCUT2D eigenvalue weighted by atomic mass is 14.1. The van der Waals surface area contributed by atoms with E-state index in [-0.39, 0.29) is 0 Å². The first-order chi connectivity index (χ1) is 7.81. The van der Waals surface area contributed by atoms with Crippen molar-refractivity contribution in [1.82, 2.24) is 0 Å². The molecule has 0 spiro atoms. The molecule has 0 aliphatic rings. The summed E-state index contributed by atoms with van der Waals surface area (Å²) in [7, 11) is 0. The quantitative estimate of drug-likeness (QED) is 0.562. The van der Waals surface area contributed by atoms with Gasteiger partial charge < -0.3 is 0 Å². The van der Waals surface area contributed by atoms with Crippen molar-refractivity contribution in [3.63, 3.8) is 0 Å². The Morgan fingerprint density at radius 1 is 1.00 bits per heavy atom. The molecular formula is C16H24. The van der Waals surface area contributed by atoms with E-state index in [1.165, 1.54) is 49.7 Å². The third kappa shape index (κ3) is 3.84. The Labute approximate surface area is 100 Å². The predicted molar refractivity (Wildman–Crippen MR) is 73.8 cm³/mol. The first kappa shape index (κ1) is 13.0. The second-order valence-electron chi connectivity index (χ2n) is 4.44. The van der Waals surface area contributed by atoms with Crippen molar-refractivity contribution in [1.29, 1.82) is 0 Å². The second-order valence-corrected chi connectivity index (χ2v) is 4.44. The van der Waals surface area contributed by atoms with Gasteiger partial charge in [-0.1, -0.05) is 64.0 Å². The number of unbranched alkanes of at least 4 members (excludes halogenated alkanes) is 2. The molecule has 0 radical (unpaired) electrons. The van der Waals surface area contributed by atoms with E-state index in [9.17, 15) is 0 Å². The molecule has 0 aliphatic carbocycles. The minimum atomic E-state index is 1.20. The Kier molecular flexibility index (Phi) is 5.92. The lowest BCUT2D eigenvalue weighted by Gasteiger charge is -2.09. The van der Waals surface area contributed by atoms with Gasteiger partial charge in [0.15, 0.2) is 0 Å².